The largest absolute Gasteiger partial charge is 0.454 e. The van der Waals surface area contributed by atoms with Gasteiger partial charge in [-0.05, 0) is 17.7 Å². The molecule has 2 rings (SSSR count). The van der Waals surface area contributed by atoms with E-state index in [1.54, 1.807) is 23.1 Å². The van der Waals surface area contributed by atoms with Crippen LogP contribution in [0.5, 0.6) is 11.5 Å². The molecule has 1 amide bonds. The lowest BCUT2D eigenvalue weighted by atomic mass is 10.2. The van der Waals surface area contributed by atoms with Crippen molar-refractivity contribution in [2.75, 3.05) is 19.9 Å². The van der Waals surface area contributed by atoms with Crippen molar-refractivity contribution in [2.45, 2.75) is 0 Å². The third kappa shape index (κ3) is 4.12. The smallest absolute Gasteiger partial charge is 0.247 e. The summed E-state index contributed by atoms with van der Waals surface area (Å²) in [5, 5.41) is 0. The van der Waals surface area contributed by atoms with Crippen LogP contribution in [0.2, 0.25) is 0 Å². The molecule has 1 aromatic rings. The highest BCUT2D eigenvalue weighted by Crippen LogP contribution is 2.32. The fraction of sp³-hybridized carbons (Fsp3) is 0.167. The molecule has 0 radical (unpaired) electrons. The quantitative estimate of drug-likeness (QED) is 0.441. The molecular formula is C18H19NO3. The summed E-state index contributed by atoms with van der Waals surface area (Å²) in [6, 6.07) is 5.70. The summed E-state index contributed by atoms with van der Waals surface area (Å²) >= 11 is 0. The first-order valence-electron chi connectivity index (χ1n) is 6.99. The van der Waals surface area contributed by atoms with Crippen molar-refractivity contribution >= 4 is 12.0 Å². The van der Waals surface area contributed by atoms with E-state index in [1.165, 1.54) is 6.08 Å². The molecule has 1 heterocycles. The van der Waals surface area contributed by atoms with E-state index in [4.69, 9.17) is 9.47 Å². The molecule has 114 valence electrons. The van der Waals surface area contributed by atoms with Crippen molar-refractivity contribution < 1.29 is 14.3 Å². The highest BCUT2D eigenvalue weighted by molar-refractivity contribution is 5.88. The van der Waals surface area contributed by atoms with Gasteiger partial charge in [-0.2, -0.15) is 0 Å². The fourth-order valence-electron chi connectivity index (χ4n) is 1.99. The number of hydrogen-bond acceptors (Lipinski definition) is 3. The van der Waals surface area contributed by atoms with E-state index in [0.29, 0.717) is 13.1 Å². The van der Waals surface area contributed by atoms with Gasteiger partial charge in [0.05, 0.1) is 0 Å². The van der Waals surface area contributed by atoms with Gasteiger partial charge in [0.2, 0.25) is 12.7 Å². The monoisotopic (exact) mass is 297 g/mol. The Morgan fingerprint density at radius 3 is 2.59 bits per heavy atom. The van der Waals surface area contributed by atoms with Crippen LogP contribution < -0.4 is 9.47 Å². The van der Waals surface area contributed by atoms with Crippen LogP contribution in [0.3, 0.4) is 0 Å². The van der Waals surface area contributed by atoms with Gasteiger partial charge < -0.3 is 14.4 Å². The minimum atomic E-state index is -0.0739. The Hall–Kier alpha value is -2.75. The molecule has 0 saturated heterocycles. The fourth-order valence-corrected chi connectivity index (χ4v) is 1.99. The molecule has 4 heteroatoms. The second kappa shape index (κ2) is 7.88. The average Bonchev–Trinajstić information content (AvgIpc) is 2.98. The van der Waals surface area contributed by atoms with Crippen LogP contribution in [0.1, 0.15) is 5.56 Å². The van der Waals surface area contributed by atoms with Gasteiger partial charge >= 0.3 is 0 Å². The van der Waals surface area contributed by atoms with E-state index in [-0.39, 0.29) is 12.7 Å². The summed E-state index contributed by atoms with van der Waals surface area (Å²) in [5.74, 6) is 1.42. The summed E-state index contributed by atoms with van der Waals surface area (Å²) in [5.41, 5.74) is 0.982. The van der Waals surface area contributed by atoms with Crippen LogP contribution in [0.4, 0.5) is 0 Å². The molecule has 0 fully saturated rings. The first-order chi connectivity index (χ1) is 10.7. The number of nitrogens with zero attached hydrogens (tertiary/aromatic N) is 1. The topological polar surface area (TPSA) is 38.8 Å². The summed E-state index contributed by atoms with van der Waals surface area (Å²) < 4.78 is 10.6. The van der Waals surface area contributed by atoms with Gasteiger partial charge in [0.25, 0.3) is 0 Å². The molecule has 0 unspecified atom stereocenters. The van der Waals surface area contributed by atoms with Crippen molar-refractivity contribution in [3.63, 3.8) is 0 Å². The Morgan fingerprint density at radius 1 is 1.14 bits per heavy atom. The van der Waals surface area contributed by atoms with E-state index >= 15 is 0 Å². The number of amides is 1. The van der Waals surface area contributed by atoms with Crippen molar-refractivity contribution in [1.29, 1.82) is 0 Å². The second-order valence-corrected chi connectivity index (χ2v) is 4.65. The molecule has 22 heavy (non-hydrogen) atoms. The van der Waals surface area contributed by atoms with Gasteiger partial charge in [0, 0.05) is 19.2 Å². The Bertz CT molecular complexity index is 607. The van der Waals surface area contributed by atoms with Crippen LogP contribution in [0, 0.1) is 0 Å². The number of allylic oxidation sites excluding steroid dienone is 2. The third-order valence-corrected chi connectivity index (χ3v) is 3.05. The predicted molar refractivity (Wildman–Crippen MR) is 87.7 cm³/mol. The van der Waals surface area contributed by atoms with Crippen LogP contribution in [-0.4, -0.2) is 30.7 Å². The Kier molecular flexibility index (Phi) is 5.60. The molecule has 1 aliphatic heterocycles. The summed E-state index contributed by atoms with van der Waals surface area (Å²) in [4.78, 5) is 13.6. The van der Waals surface area contributed by atoms with Crippen molar-refractivity contribution in [3.8, 4) is 11.5 Å². The lowest BCUT2D eigenvalue weighted by molar-refractivity contribution is -0.125. The molecule has 1 aliphatic rings. The van der Waals surface area contributed by atoms with Gasteiger partial charge in [0.15, 0.2) is 11.5 Å². The molecule has 0 spiro atoms. The van der Waals surface area contributed by atoms with Crippen molar-refractivity contribution in [2.24, 2.45) is 0 Å². The number of ether oxygens (including phenoxy) is 2. The van der Waals surface area contributed by atoms with E-state index < -0.39 is 0 Å². The van der Waals surface area contributed by atoms with E-state index in [9.17, 15) is 4.79 Å². The highest BCUT2D eigenvalue weighted by Gasteiger charge is 2.12. The van der Waals surface area contributed by atoms with Crippen molar-refractivity contribution in [3.05, 3.63) is 67.3 Å². The van der Waals surface area contributed by atoms with Gasteiger partial charge in [-0.15, -0.1) is 13.2 Å². The van der Waals surface area contributed by atoms with Gasteiger partial charge in [-0.1, -0.05) is 36.4 Å². The standard InChI is InChI=1S/C18H19NO3/c1-3-11-19(12-4-2)18(20)8-6-5-7-15-9-10-16-17(13-15)22-14-21-16/h3-10,13H,1-2,11-12,14H2/b7-5?,8-6+. The normalized spacial score (nSPS) is 12.7. The minimum Gasteiger partial charge on any atom is -0.454 e. The number of fused-ring (bicyclic) bond motifs is 1. The van der Waals surface area contributed by atoms with Crippen LogP contribution >= 0.6 is 0 Å². The van der Waals surface area contributed by atoms with E-state index in [2.05, 4.69) is 13.2 Å². The molecule has 0 bridgehead atoms. The van der Waals surface area contributed by atoms with Crippen molar-refractivity contribution in [1.82, 2.24) is 4.90 Å². The Morgan fingerprint density at radius 2 is 1.86 bits per heavy atom. The molecule has 4 nitrogen and oxygen atoms in total. The minimum absolute atomic E-state index is 0.0739. The maximum absolute atomic E-state index is 12.0. The number of benzene rings is 1. The zero-order valence-electron chi connectivity index (χ0n) is 12.4. The lowest BCUT2D eigenvalue weighted by Crippen LogP contribution is -2.29. The zero-order valence-corrected chi connectivity index (χ0v) is 12.4. The Balaban J connectivity index is 1.94. The predicted octanol–water partition coefficient (Wildman–Crippen LogP) is 3.19. The maximum atomic E-state index is 12.0. The zero-order chi connectivity index (χ0) is 15.8. The number of hydrogen-bond donors (Lipinski definition) is 0. The van der Waals surface area contributed by atoms with Gasteiger partial charge in [0.1, 0.15) is 0 Å². The molecule has 0 aliphatic carbocycles. The van der Waals surface area contributed by atoms with Gasteiger partial charge in [-0.25, -0.2) is 0 Å². The molecule has 0 N–H and O–H groups in total. The highest BCUT2D eigenvalue weighted by atomic mass is 16.7. The second-order valence-electron chi connectivity index (χ2n) is 4.65. The lowest BCUT2D eigenvalue weighted by Gasteiger charge is -2.16. The summed E-state index contributed by atoms with van der Waals surface area (Å²) in [6.07, 6.45) is 10.3. The average molecular weight is 297 g/mol. The van der Waals surface area contributed by atoms with Gasteiger partial charge in [-0.3, -0.25) is 4.79 Å². The van der Waals surface area contributed by atoms with Crippen LogP contribution in [-0.2, 0) is 4.79 Å². The van der Waals surface area contributed by atoms with E-state index in [0.717, 1.165) is 17.1 Å². The molecular weight excluding hydrogens is 278 g/mol. The van der Waals surface area contributed by atoms with Crippen LogP contribution in [0.25, 0.3) is 6.08 Å². The Labute approximate surface area is 130 Å². The molecule has 0 saturated carbocycles. The number of carbonyl (C=O) groups is 1. The summed E-state index contributed by atoms with van der Waals surface area (Å²) in [7, 11) is 0. The molecule has 1 aromatic carbocycles. The SMILES string of the molecule is C=CCN(CC=C)C(=O)/C=C/C=Cc1ccc2c(c1)OCO2. The first kappa shape index (κ1) is 15.6. The summed E-state index contributed by atoms with van der Waals surface area (Å²) in [6.45, 7) is 8.55. The van der Waals surface area contributed by atoms with E-state index in [1.807, 2.05) is 30.4 Å². The molecule has 0 atom stereocenters. The number of carbonyl (C=O) groups excluding carboxylic acids is 1. The third-order valence-electron chi connectivity index (χ3n) is 3.05. The maximum Gasteiger partial charge on any atom is 0.247 e. The van der Waals surface area contributed by atoms with Crippen LogP contribution in [0.15, 0.2) is 61.7 Å². The number of rotatable bonds is 7. The first-order valence-corrected chi connectivity index (χ1v) is 6.99. The molecule has 0 aromatic heterocycles.